The molecule has 0 bridgehead atoms. The van der Waals surface area contributed by atoms with Crippen LogP contribution in [-0.2, 0) is 17.8 Å². The topological polar surface area (TPSA) is 86.5 Å². The first kappa shape index (κ1) is 14.9. The SMILES string of the molecule is CCCc1n[nH]c(=S)n1CC(=O)Nc1cccc(C#N)c1. The van der Waals surface area contributed by atoms with Gasteiger partial charge in [0.2, 0.25) is 5.91 Å². The van der Waals surface area contributed by atoms with Gasteiger partial charge in [0.15, 0.2) is 4.77 Å². The van der Waals surface area contributed by atoms with Gasteiger partial charge in [-0.15, -0.1) is 0 Å². The number of aryl methyl sites for hydroxylation is 1. The molecule has 21 heavy (non-hydrogen) atoms. The minimum Gasteiger partial charge on any atom is -0.324 e. The van der Waals surface area contributed by atoms with Gasteiger partial charge >= 0.3 is 0 Å². The fraction of sp³-hybridized carbons (Fsp3) is 0.286. The van der Waals surface area contributed by atoms with Crippen molar-refractivity contribution in [2.45, 2.75) is 26.3 Å². The van der Waals surface area contributed by atoms with E-state index in [1.165, 1.54) is 0 Å². The lowest BCUT2D eigenvalue weighted by atomic mass is 10.2. The Morgan fingerprint density at radius 2 is 2.38 bits per heavy atom. The first-order valence-corrected chi connectivity index (χ1v) is 6.99. The lowest BCUT2D eigenvalue weighted by Crippen LogP contribution is -2.20. The molecule has 0 saturated carbocycles. The largest absolute Gasteiger partial charge is 0.324 e. The lowest BCUT2D eigenvalue weighted by molar-refractivity contribution is -0.116. The highest BCUT2D eigenvalue weighted by atomic mass is 32.1. The van der Waals surface area contributed by atoms with Gasteiger partial charge in [0.05, 0.1) is 11.6 Å². The molecule has 0 saturated heterocycles. The number of nitrogens with zero attached hydrogens (tertiary/aromatic N) is 3. The highest BCUT2D eigenvalue weighted by Crippen LogP contribution is 2.10. The maximum Gasteiger partial charge on any atom is 0.244 e. The molecular weight excluding hydrogens is 286 g/mol. The quantitative estimate of drug-likeness (QED) is 0.830. The zero-order valence-corrected chi connectivity index (χ0v) is 12.4. The fourth-order valence-electron chi connectivity index (χ4n) is 1.94. The molecule has 2 N–H and O–H groups in total. The first-order chi connectivity index (χ1) is 10.1. The summed E-state index contributed by atoms with van der Waals surface area (Å²) in [6.07, 6.45) is 1.68. The summed E-state index contributed by atoms with van der Waals surface area (Å²) < 4.78 is 2.11. The van der Waals surface area contributed by atoms with Gasteiger partial charge in [-0.3, -0.25) is 14.5 Å². The molecule has 0 radical (unpaired) electrons. The predicted octanol–water partition coefficient (Wildman–Crippen LogP) is 2.40. The van der Waals surface area contributed by atoms with Crippen molar-refractivity contribution in [3.05, 3.63) is 40.4 Å². The molecule has 0 aliphatic heterocycles. The number of carbonyl (C=O) groups is 1. The summed E-state index contributed by atoms with van der Waals surface area (Å²) in [5, 5.41) is 18.4. The highest BCUT2D eigenvalue weighted by Gasteiger charge is 2.10. The maximum atomic E-state index is 12.1. The number of aromatic amines is 1. The van der Waals surface area contributed by atoms with Gasteiger partial charge in [-0.05, 0) is 36.8 Å². The molecule has 0 fully saturated rings. The second-order valence-electron chi connectivity index (χ2n) is 4.52. The second-order valence-corrected chi connectivity index (χ2v) is 4.91. The smallest absolute Gasteiger partial charge is 0.244 e. The Hall–Kier alpha value is -2.46. The predicted molar refractivity (Wildman–Crippen MR) is 81.2 cm³/mol. The van der Waals surface area contributed by atoms with Gasteiger partial charge < -0.3 is 5.32 Å². The molecule has 1 heterocycles. The number of benzene rings is 1. The minimum absolute atomic E-state index is 0.0987. The zero-order chi connectivity index (χ0) is 15.2. The van der Waals surface area contributed by atoms with Crippen LogP contribution in [0, 0.1) is 16.1 Å². The molecule has 0 aliphatic rings. The maximum absolute atomic E-state index is 12.1. The van der Waals surface area contributed by atoms with Crippen molar-refractivity contribution in [3.8, 4) is 6.07 Å². The molecule has 1 aromatic carbocycles. The van der Waals surface area contributed by atoms with Gasteiger partial charge in [-0.1, -0.05) is 13.0 Å². The normalized spacial score (nSPS) is 10.1. The molecule has 0 spiro atoms. The monoisotopic (exact) mass is 301 g/mol. The molecule has 0 atom stereocenters. The number of rotatable bonds is 5. The van der Waals surface area contributed by atoms with E-state index in [1.54, 1.807) is 28.8 Å². The lowest BCUT2D eigenvalue weighted by Gasteiger charge is -2.08. The number of hydrogen-bond acceptors (Lipinski definition) is 4. The number of anilines is 1. The van der Waals surface area contributed by atoms with Crippen LogP contribution in [0.1, 0.15) is 24.7 Å². The molecule has 108 valence electrons. The van der Waals surface area contributed by atoms with Gasteiger partial charge in [0, 0.05) is 12.1 Å². The Balaban J connectivity index is 2.10. The second kappa shape index (κ2) is 6.81. The van der Waals surface area contributed by atoms with Gasteiger partial charge in [0.25, 0.3) is 0 Å². The standard InChI is InChI=1S/C14H15N5OS/c1-2-4-12-17-18-14(21)19(12)9-13(20)16-11-6-3-5-10(7-11)8-15/h3,5-7H,2,4,9H2,1H3,(H,16,20)(H,18,21). The molecule has 0 aliphatic carbocycles. The summed E-state index contributed by atoms with van der Waals surface area (Å²) in [7, 11) is 0. The third kappa shape index (κ3) is 3.77. The van der Waals surface area contributed by atoms with Crippen LogP contribution in [0.3, 0.4) is 0 Å². The molecule has 2 rings (SSSR count). The number of amides is 1. The van der Waals surface area contributed by atoms with E-state index >= 15 is 0 Å². The Morgan fingerprint density at radius 3 is 3.10 bits per heavy atom. The van der Waals surface area contributed by atoms with Crippen LogP contribution < -0.4 is 5.32 Å². The molecule has 1 amide bonds. The molecule has 0 unspecified atom stereocenters. The van der Waals surface area contributed by atoms with E-state index in [1.807, 2.05) is 13.0 Å². The third-order valence-corrected chi connectivity index (χ3v) is 3.20. The van der Waals surface area contributed by atoms with Gasteiger partial charge in [-0.25, -0.2) is 0 Å². The van der Waals surface area contributed by atoms with Crippen molar-refractivity contribution in [3.63, 3.8) is 0 Å². The van der Waals surface area contributed by atoms with Crippen molar-refractivity contribution in [1.29, 1.82) is 5.26 Å². The van der Waals surface area contributed by atoms with E-state index in [0.717, 1.165) is 18.7 Å². The van der Waals surface area contributed by atoms with E-state index in [-0.39, 0.29) is 12.5 Å². The van der Waals surface area contributed by atoms with Crippen molar-refractivity contribution in [1.82, 2.24) is 14.8 Å². The number of nitriles is 1. The van der Waals surface area contributed by atoms with Gasteiger partial charge in [-0.2, -0.15) is 10.4 Å². The van der Waals surface area contributed by atoms with E-state index in [9.17, 15) is 4.79 Å². The van der Waals surface area contributed by atoms with Crippen LogP contribution in [-0.4, -0.2) is 20.7 Å². The molecule has 7 heteroatoms. The zero-order valence-electron chi connectivity index (χ0n) is 11.6. The van der Waals surface area contributed by atoms with Crippen molar-refractivity contribution >= 4 is 23.8 Å². The summed E-state index contributed by atoms with van der Waals surface area (Å²) in [6.45, 7) is 2.14. The summed E-state index contributed by atoms with van der Waals surface area (Å²) in [4.78, 5) is 12.1. The van der Waals surface area contributed by atoms with Crippen LogP contribution in [0.4, 0.5) is 5.69 Å². The first-order valence-electron chi connectivity index (χ1n) is 6.58. The van der Waals surface area contributed by atoms with Crippen molar-refractivity contribution < 1.29 is 4.79 Å². The van der Waals surface area contributed by atoms with Crippen LogP contribution in [0.25, 0.3) is 0 Å². The number of aromatic nitrogens is 3. The third-order valence-electron chi connectivity index (χ3n) is 2.89. The van der Waals surface area contributed by atoms with E-state index in [0.29, 0.717) is 16.0 Å². The summed E-state index contributed by atoms with van der Waals surface area (Å²) >= 11 is 5.13. The summed E-state index contributed by atoms with van der Waals surface area (Å²) in [5.74, 6) is 0.559. The molecule has 1 aromatic heterocycles. The van der Waals surface area contributed by atoms with Crippen molar-refractivity contribution in [2.24, 2.45) is 0 Å². The molecule has 6 nitrogen and oxygen atoms in total. The van der Waals surface area contributed by atoms with E-state index in [4.69, 9.17) is 17.5 Å². The van der Waals surface area contributed by atoms with E-state index < -0.39 is 0 Å². The van der Waals surface area contributed by atoms with Crippen LogP contribution in [0.2, 0.25) is 0 Å². The molecular formula is C14H15N5OS. The average Bonchev–Trinajstić information content (AvgIpc) is 2.81. The average molecular weight is 301 g/mol. The Labute approximate surface area is 127 Å². The highest BCUT2D eigenvalue weighted by molar-refractivity contribution is 7.71. The molecule has 2 aromatic rings. The van der Waals surface area contributed by atoms with Crippen LogP contribution in [0.15, 0.2) is 24.3 Å². The van der Waals surface area contributed by atoms with Crippen LogP contribution in [0.5, 0.6) is 0 Å². The van der Waals surface area contributed by atoms with E-state index in [2.05, 4.69) is 15.5 Å². The van der Waals surface area contributed by atoms with Crippen LogP contribution >= 0.6 is 12.2 Å². The number of carbonyl (C=O) groups excluding carboxylic acids is 1. The number of nitrogens with one attached hydrogen (secondary N) is 2. The fourth-order valence-corrected chi connectivity index (χ4v) is 2.15. The Morgan fingerprint density at radius 1 is 1.57 bits per heavy atom. The summed E-state index contributed by atoms with van der Waals surface area (Å²) in [6, 6.07) is 8.80. The Bertz CT molecular complexity index is 740. The van der Waals surface area contributed by atoms with Crippen molar-refractivity contribution in [2.75, 3.05) is 5.32 Å². The Kier molecular flexibility index (Phi) is 4.85. The summed E-state index contributed by atoms with van der Waals surface area (Å²) in [5.41, 5.74) is 1.09. The minimum atomic E-state index is -0.208. The number of H-pyrrole nitrogens is 1. The number of hydrogen-bond donors (Lipinski definition) is 2. The van der Waals surface area contributed by atoms with Gasteiger partial charge in [0.1, 0.15) is 12.4 Å².